The molecular formula is C14H24FN3O2S. The number of anilines is 1. The van der Waals surface area contributed by atoms with E-state index in [4.69, 9.17) is 0 Å². The average Bonchev–Trinajstić information content (AvgIpc) is 2.42. The molecule has 0 bridgehead atoms. The Hall–Kier alpha value is -1.18. The number of benzene rings is 1. The number of nitrogens with one attached hydrogen (secondary N) is 1. The van der Waals surface area contributed by atoms with Crippen molar-refractivity contribution < 1.29 is 12.8 Å². The first kappa shape index (κ1) is 17.9. The van der Waals surface area contributed by atoms with Crippen molar-refractivity contribution in [1.29, 1.82) is 0 Å². The van der Waals surface area contributed by atoms with Crippen LogP contribution in [0.2, 0.25) is 0 Å². The van der Waals surface area contributed by atoms with E-state index >= 15 is 0 Å². The zero-order chi connectivity index (χ0) is 16.0. The Bertz CT molecular complexity index is 549. The number of rotatable bonds is 8. The van der Waals surface area contributed by atoms with Gasteiger partial charge in [-0.3, -0.25) is 4.31 Å². The second-order valence-electron chi connectivity index (χ2n) is 5.24. The lowest BCUT2D eigenvalue weighted by molar-refractivity contribution is 0.446. The first-order valence-corrected chi connectivity index (χ1v) is 8.34. The van der Waals surface area contributed by atoms with Crippen molar-refractivity contribution in [3.8, 4) is 0 Å². The molecule has 0 spiro atoms. The smallest absolute Gasteiger partial charge is 0.303 e. The molecule has 5 nitrogen and oxygen atoms in total. The van der Waals surface area contributed by atoms with Gasteiger partial charge in [-0.25, -0.2) is 4.39 Å². The third-order valence-corrected chi connectivity index (χ3v) is 4.99. The molecule has 0 saturated carbocycles. The molecule has 0 aromatic heterocycles. The SMILES string of the molecule is CC(C)NCCCN(C)S(=O)(=O)N(C)c1cccc(F)c1. The number of hydrogen-bond donors (Lipinski definition) is 1. The van der Waals surface area contributed by atoms with Crippen LogP contribution in [0.4, 0.5) is 10.1 Å². The summed E-state index contributed by atoms with van der Waals surface area (Å²) in [6.45, 7) is 5.24. The molecule has 1 aromatic rings. The van der Waals surface area contributed by atoms with E-state index in [1.165, 1.54) is 36.6 Å². The molecule has 21 heavy (non-hydrogen) atoms. The Labute approximate surface area is 126 Å². The molecule has 1 aromatic carbocycles. The largest absolute Gasteiger partial charge is 0.314 e. The van der Waals surface area contributed by atoms with Crippen LogP contribution >= 0.6 is 0 Å². The van der Waals surface area contributed by atoms with E-state index in [0.29, 0.717) is 24.7 Å². The van der Waals surface area contributed by atoms with Crippen LogP contribution < -0.4 is 9.62 Å². The van der Waals surface area contributed by atoms with Crippen molar-refractivity contribution >= 4 is 15.9 Å². The summed E-state index contributed by atoms with van der Waals surface area (Å²) >= 11 is 0. The van der Waals surface area contributed by atoms with Gasteiger partial charge in [0.2, 0.25) is 0 Å². The molecule has 0 amide bonds. The third kappa shape index (κ3) is 5.26. The molecule has 7 heteroatoms. The monoisotopic (exact) mass is 317 g/mol. The molecule has 0 aliphatic heterocycles. The van der Waals surface area contributed by atoms with E-state index in [1.807, 2.05) is 13.8 Å². The second kappa shape index (κ2) is 7.72. The minimum Gasteiger partial charge on any atom is -0.314 e. The Morgan fingerprint density at radius 3 is 2.52 bits per heavy atom. The Kier molecular flexibility index (Phi) is 6.57. The van der Waals surface area contributed by atoms with Crippen LogP contribution in [-0.2, 0) is 10.2 Å². The predicted molar refractivity (Wildman–Crippen MR) is 84.1 cm³/mol. The van der Waals surface area contributed by atoms with Crippen LogP contribution in [0.25, 0.3) is 0 Å². The summed E-state index contributed by atoms with van der Waals surface area (Å²) in [5.41, 5.74) is 0.308. The van der Waals surface area contributed by atoms with E-state index in [0.717, 1.165) is 10.8 Å². The number of hydrogen-bond acceptors (Lipinski definition) is 3. The van der Waals surface area contributed by atoms with E-state index < -0.39 is 16.0 Å². The van der Waals surface area contributed by atoms with Gasteiger partial charge in [0.15, 0.2) is 0 Å². The molecule has 0 aliphatic rings. The van der Waals surface area contributed by atoms with Crippen molar-refractivity contribution in [1.82, 2.24) is 9.62 Å². The Balaban J connectivity index is 2.66. The van der Waals surface area contributed by atoms with Crippen LogP contribution in [0.3, 0.4) is 0 Å². The standard InChI is InChI=1S/C14H24FN3O2S/c1-12(2)16-9-6-10-17(3)21(19,20)18(4)14-8-5-7-13(15)11-14/h5,7-8,11-12,16H,6,9-10H2,1-4H3. The fourth-order valence-corrected chi connectivity index (χ4v) is 2.98. The van der Waals surface area contributed by atoms with Crippen molar-refractivity contribution in [2.24, 2.45) is 0 Å². The molecule has 1 N–H and O–H groups in total. The van der Waals surface area contributed by atoms with Gasteiger partial charge in [0.1, 0.15) is 5.82 Å². The van der Waals surface area contributed by atoms with Crippen molar-refractivity contribution in [3.05, 3.63) is 30.1 Å². The highest BCUT2D eigenvalue weighted by Gasteiger charge is 2.23. The summed E-state index contributed by atoms with van der Waals surface area (Å²) in [6, 6.07) is 5.91. The third-order valence-electron chi connectivity index (χ3n) is 3.11. The van der Waals surface area contributed by atoms with Crippen LogP contribution in [-0.4, -0.2) is 45.9 Å². The zero-order valence-electron chi connectivity index (χ0n) is 13.0. The summed E-state index contributed by atoms with van der Waals surface area (Å²) in [6.07, 6.45) is 0.713. The summed E-state index contributed by atoms with van der Waals surface area (Å²) in [5.74, 6) is -0.460. The van der Waals surface area contributed by atoms with Crippen LogP contribution in [0, 0.1) is 5.82 Å². The molecule has 0 radical (unpaired) electrons. The van der Waals surface area contributed by atoms with Gasteiger partial charge in [-0.15, -0.1) is 0 Å². The van der Waals surface area contributed by atoms with Gasteiger partial charge in [0, 0.05) is 26.7 Å². The van der Waals surface area contributed by atoms with Crippen molar-refractivity contribution in [3.63, 3.8) is 0 Å². The van der Waals surface area contributed by atoms with Crippen LogP contribution in [0.15, 0.2) is 24.3 Å². The number of halogens is 1. The fraction of sp³-hybridized carbons (Fsp3) is 0.571. The molecule has 1 rings (SSSR count). The van der Waals surface area contributed by atoms with Gasteiger partial charge >= 0.3 is 10.2 Å². The quantitative estimate of drug-likeness (QED) is 0.744. The van der Waals surface area contributed by atoms with Crippen LogP contribution in [0.5, 0.6) is 0 Å². The summed E-state index contributed by atoms with van der Waals surface area (Å²) in [7, 11) is -0.685. The molecular weight excluding hydrogens is 293 g/mol. The highest BCUT2D eigenvalue weighted by Crippen LogP contribution is 2.18. The fourth-order valence-electron chi connectivity index (χ4n) is 1.82. The van der Waals surface area contributed by atoms with Gasteiger partial charge in [-0.2, -0.15) is 12.7 Å². The maximum absolute atomic E-state index is 13.2. The lowest BCUT2D eigenvalue weighted by Crippen LogP contribution is -2.41. The van der Waals surface area contributed by atoms with Crippen LogP contribution in [0.1, 0.15) is 20.3 Å². The lowest BCUT2D eigenvalue weighted by Gasteiger charge is -2.26. The molecule has 0 fully saturated rings. The highest BCUT2D eigenvalue weighted by atomic mass is 32.2. The molecule has 0 heterocycles. The normalized spacial score (nSPS) is 12.1. The van der Waals surface area contributed by atoms with E-state index in [9.17, 15) is 12.8 Å². The van der Waals surface area contributed by atoms with Crippen molar-refractivity contribution in [2.75, 3.05) is 31.5 Å². The molecule has 0 atom stereocenters. The van der Waals surface area contributed by atoms with Crippen molar-refractivity contribution in [2.45, 2.75) is 26.3 Å². The Morgan fingerprint density at radius 2 is 1.95 bits per heavy atom. The minimum atomic E-state index is -3.64. The van der Waals surface area contributed by atoms with Gasteiger partial charge < -0.3 is 5.32 Å². The molecule has 0 unspecified atom stereocenters. The maximum Gasteiger partial charge on any atom is 0.303 e. The molecule has 0 saturated heterocycles. The number of nitrogens with zero attached hydrogens (tertiary/aromatic N) is 2. The first-order valence-electron chi connectivity index (χ1n) is 6.94. The zero-order valence-corrected chi connectivity index (χ0v) is 13.8. The second-order valence-corrected chi connectivity index (χ2v) is 7.31. The summed E-state index contributed by atoms with van der Waals surface area (Å²) < 4.78 is 40.3. The Morgan fingerprint density at radius 1 is 1.29 bits per heavy atom. The lowest BCUT2D eigenvalue weighted by atomic mass is 10.3. The predicted octanol–water partition coefficient (Wildman–Crippen LogP) is 1.83. The highest BCUT2D eigenvalue weighted by molar-refractivity contribution is 7.90. The van der Waals surface area contributed by atoms with Gasteiger partial charge in [0.25, 0.3) is 0 Å². The molecule has 120 valence electrons. The maximum atomic E-state index is 13.2. The van der Waals surface area contributed by atoms with Gasteiger partial charge in [-0.05, 0) is 31.2 Å². The minimum absolute atomic E-state index is 0.308. The topological polar surface area (TPSA) is 52.7 Å². The van der Waals surface area contributed by atoms with Gasteiger partial charge in [0.05, 0.1) is 5.69 Å². The molecule has 0 aliphatic carbocycles. The van der Waals surface area contributed by atoms with E-state index in [1.54, 1.807) is 6.07 Å². The summed E-state index contributed by atoms with van der Waals surface area (Å²) in [4.78, 5) is 0. The van der Waals surface area contributed by atoms with E-state index in [-0.39, 0.29) is 0 Å². The van der Waals surface area contributed by atoms with E-state index in [2.05, 4.69) is 5.32 Å². The summed E-state index contributed by atoms with van der Waals surface area (Å²) in [5, 5.41) is 3.24. The average molecular weight is 317 g/mol. The van der Waals surface area contributed by atoms with Gasteiger partial charge in [-0.1, -0.05) is 19.9 Å². The first-order chi connectivity index (χ1) is 9.75.